The predicted octanol–water partition coefficient (Wildman–Crippen LogP) is 2.58. The first-order chi connectivity index (χ1) is 12.3. The maximum atomic E-state index is 12.4. The van der Waals surface area contributed by atoms with Crippen LogP contribution in [0.2, 0.25) is 0 Å². The van der Waals surface area contributed by atoms with Crippen LogP contribution in [0, 0.1) is 13.8 Å². The lowest BCUT2D eigenvalue weighted by Gasteiger charge is -2.13. The van der Waals surface area contributed by atoms with Crippen molar-refractivity contribution in [1.29, 1.82) is 0 Å². The molecule has 7 nitrogen and oxygen atoms in total. The van der Waals surface area contributed by atoms with Crippen molar-refractivity contribution in [2.75, 3.05) is 7.11 Å². The van der Waals surface area contributed by atoms with Crippen LogP contribution in [0.3, 0.4) is 0 Å². The van der Waals surface area contributed by atoms with Gasteiger partial charge in [-0.3, -0.25) is 10.1 Å². The molecule has 1 aromatic carbocycles. The number of aryl methyl sites for hydroxylation is 1. The van der Waals surface area contributed by atoms with Gasteiger partial charge in [-0.2, -0.15) is 0 Å². The number of methoxy groups -OCH3 is 1. The van der Waals surface area contributed by atoms with Crippen molar-refractivity contribution in [2.24, 2.45) is 0 Å². The summed E-state index contributed by atoms with van der Waals surface area (Å²) in [7, 11) is 1.14. The topological polar surface area (TPSA) is 86.6 Å². The Labute approximate surface area is 151 Å². The van der Waals surface area contributed by atoms with Crippen molar-refractivity contribution in [3.63, 3.8) is 0 Å². The van der Waals surface area contributed by atoms with E-state index in [9.17, 15) is 14.4 Å². The summed E-state index contributed by atoms with van der Waals surface area (Å²) in [6, 6.07) is 11.6. The van der Waals surface area contributed by atoms with Crippen molar-refractivity contribution in [3.8, 4) is 0 Å². The molecule has 2 aromatic rings. The number of carbonyl (C=O) groups is 3. The first-order valence-electron chi connectivity index (χ1n) is 8.14. The molecule has 0 saturated heterocycles. The van der Waals surface area contributed by atoms with E-state index in [-0.39, 0.29) is 0 Å². The van der Waals surface area contributed by atoms with E-state index in [0.717, 1.165) is 24.1 Å². The van der Waals surface area contributed by atoms with Gasteiger partial charge in [0.25, 0.3) is 5.91 Å². The lowest BCUT2D eigenvalue weighted by molar-refractivity contribution is -0.128. The Balaban J connectivity index is 2.11. The number of rotatable bonds is 5. The molecule has 2 rings (SSSR count). The second kappa shape index (κ2) is 8.33. The number of carbonyl (C=O) groups excluding carboxylic acids is 3. The summed E-state index contributed by atoms with van der Waals surface area (Å²) in [5.74, 6) is -1.37. The largest absolute Gasteiger partial charge is 0.453 e. The molecule has 0 saturated carbocycles. The van der Waals surface area contributed by atoms with Crippen molar-refractivity contribution in [2.45, 2.75) is 33.4 Å². The molecule has 0 spiro atoms. The summed E-state index contributed by atoms with van der Waals surface area (Å²) in [6.45, 7) is 5.75. The highest BCUT2D eigenvalue weighted by Gasteiger charge is 2.23. The van der Waals surface area contributed by atoms with E-state index >= 15 is 0 Å². The molecule has 138 valence electrons. The predicted molar refractivity (Wildman–Crippen MR) is 94.9 cm³/mol. The molecule has 1 aromatic heterocycles. The van der Waals surface area contributed by atoms with Crippen LogP contribution in [-0.2, 0) is 20.8 Å². The smallest absolute Gasteiger partial charge is 0.413 e. The molecule has 0 bridgehead atoms. The van der Waals surface area contributed by atoms with Crippen LogP contribution >= 0.6 is 0 Å². The van der Waals surface area contributed by atoms with Gasteiger partial charge in [-0.25, -0.2) is 9.59 Å². The van der Waals surface area contributed by atoms with E-state index in [1.165, 1.54) is 6.92 Å². The lowest BCUT2D eigenvalue weighted by atomic mass is 10.2. The van der Waals surface area contributed by atoms with Crippen LogP contribution in [0.25, 0.3) is 0 Å². The zero-order valence-electron chi connectivity index (χ0n) is 15.2. The van der Waals surface area contributed by atoms with Crippen molar-refractivity contribution in [3.05, 3.63) is 58.9 Å². The molecule has 0 aliphatic heterocycles. The van der Waals surface area contributed by atoms with Crippen molar-refractivity contribution in [1.82, 2.24) is 9.88 Å². The maximum absolute atomic E-state index is 12.4. The number of aromatic nitrogens is 1. The molecular weight excluding hydrogens is 336 g/mol. The summed E-state index contributed by atoms with van der Waals surface area (Å²) >= 11 is 0. The Morgan fingerprint density at radius 3 is 2.42 bits per heavy atom. The van der Waals surface area contributed by atoms with Crippen LogP contribution < -0.4 is 5.32 Å². The number of ether oxygens (including phenoxy) is 2. The Kier molecular flexibility index (Phi) is 6.16. The molecule has 0 aliphatic rings. The second-order valence-corrected chi connectivity index (χ2v) is 5.88. The molecule has 0 radical (unpaired) electrons. The molecule has 7 heteroatoms. The van der Waals surface area contributed by atoms with E-state index in [1.807, 2.05) is 54.1 Å². The number of nitrogens with one attached hydrogen (secondary N) is 1. The molecular formula is C19H22N2O5. The second-order valence-electron chi connectivity index (χ2n) is 5.88. The minimum atomic E-state index is -1.13. The zero-order chi connectivity index (χ0) is 19.3. The minimum Gasteiger partial charge on any atom is -0.453 e. The van der Waals surface area contributed by atoms with Crippen molar-refractivity contribution < 1.29 is 23.9 Å². The monoisotopic (exact) mass is 358 g/mol. The van der Waals surface area contributed by atoms with Gasteiger partial charge in [0.1, 0.15) is 0 Å². The van der Waals surface area contributed by atoms with E-state index in [4.69, 9.17) is 4.74 Å². The van der Waals surface area contributed by atoms with Crippen LogP contribution in [0.5, 0.6) is 0 Å². The van der Waals surface area contributed by atoms with Gasteiger partial charge < -0.3 is 14.0 Å². The fourth-order valence-corrected chi connectivity index (χ4v) is 2.55. The number of benzene rings is 1. The summed E-state index contributed by atoms with van der Waals surface area (Å²) in [4.78, 5) is 35.3. The third-order valence-corrected chi connectivity index (χ3v) is 4.04. The highest BCUT2D eigenvalue weighted by Crippen LogP contribution is 2.18. The first-order valence-corrected chi connectivity index (χ1v) is 8.14. The average molecular weight is 358 g/mol. The third-order valence-electron chi connectivity index (χ3n) is 4.04. The number of alkyl carbamates (subject to hydrolysis) is 1. The molecule has 26 heavy (non-hydrogen) atoms. The number of amides is 2. The van der Waals surface area contributed by atoms with Crippen molar-refractivity contribution >= 4 is 18.0 Å². The molecule has 1 atom stereocenters. The fraction of sp³-hybridized carbons (Fsp3) is 0.316. The number of hydrogen-bond donors (Lipinski definition) is 1. The van der Waals surface area contributed by atoms with Crippen LogP contribution in [0.15, 0.2) is 36.4 Å². The van der Waals surface area contributed by atoms with E-state index < -0.39 is 24.1 Å². The quantitative estimate of drug-likeness (QED) is 0.830. The SMILES string of the molecule is COC(=O)NC(=O)[C@@H](C)OC(=O)c1cc(C)n(Cc2ccccc2)c1C. The van der Waals surface area contributed by atoms with E-state index in [0.29, 0.717) is 12.1 Å². The number of nitrogens with zero attached hydrogens (tertiary/aromatic N) is 1. The summed E-state index contributed by atoms with van der Waals surface area (Å²) < 4.78 is 11.5. The highest BCUT2D eigenvalue weighted by molar-refractivity contribution is 5.97. The van der Waals surface area contributed by atoms with Gasteiger partial charge in [0, 0.05) is 17.9 Å². The molecule has 1 heterocycles. The Morgan fingerprint density at radius 1 is 1.15 bits per heavy atom. The van der Waals surface area contributed by atoms with Gasteiger partial charge in [0.15, 0.2) is 6.10 Å². The summed E-state index contributed by atoms with van der Waals surface area (Å²) in [5.41, 5.74) is 3.15. The third kappa shape index (κ3) is 4.50. The lowest BCUT2D eigenvalue weighted by Crippen LogP contribution is -2.39. The summed E-state index contributed by atoms with van der Waals surface area (Å²) in [6.07, 6.45) is -2.03. The van der Waals surface area contributed by atoms with Gasteiger partial charge in [0.05, 0.1) is 12.7 Å². The van der Waals surface area contributed by atoms with Gasteiger partial charge in [-0.15, -0.1) is 0 Å². The maximum Gasteiger partial charge on any atom is 0.413 e. The molecule has 2 amide bonds. The minimum absolute atomic E-state index is 0.385. The number of hydrogen-bond acceptors (Lipinski definition) is 5. The average Bonchev–Trinajstić information content (AvgIpc) is 2.90. The Hall–Kier alpha value is -3.09. The molecule has 1 N–H and O–H groups in total. The Morgan fingerprint density at radius 2 is 1.81 bits per heavy atom. The molecule has 0 unspecified atom stereocenters. The van der Waals surface area contributed by atoms with Gasteiger partial charge >= 0.3 is 12.1 Å². The standard InChI is InChI=1S/C19H22N2O5/c1-12-10-16(13(2)21(12)11-15-8-6-5-7-9-15)18(23)26-14(3)17(22)20-19(24)25-4/h5-10,14H,11H2,1-4H3,(H,20,22,24)/t14-/m1/s1. The summed E-state index contributed by atoms with van der Waals surface area (Å²) in [5, 5.41) is 1.97. The fourth-order valence-electron chi connectivity index (χ4n) is 2.55. The first kappa shape index (κ1) is 19.2. The van der Waals surface area contributed by atoms with Gasteiger partial charge in [-0.05, 0) is 32.4 Å². The van der Waals surface area contributed by atoms with Gasteiger partial charge in [0.2, 0.25) is 0 Å². The highest BCUT2D eigenvalue weighted by atomic mass is 16.6. The number of esters is 1. The zero-order valence-corrected chi connectivity index (χ0v) is 15.2. The molecule has 0 aliphatic carbocycles. The normalized spacial score (nSPS) is 11.5. The van der Waals surface area contributed by atoms with Crippen LogP contribution in [0.1, 0.15) is 34.2 Å². The number of imide groups is 1. The van der Waals surface area contributed by atoms with Crippen LogP contribution in [-0.4, -0.2) is 35.8 Å². The van der Waals surface area contributed by atoms with E-state index in [2.05, 4.69) is 4.74 Å². The van der Waals surface area contributed by atoms with E-state index in [1.54, 1.807) is 6.07 Å². The van der Waals surface area contributed by atoms with Crippen LogP contribution in [0.4, 0.5) is 4.79 Å². The van der Waals surface area contributed by atoms with Gasteiger partial charge in [-0.1, -0.05) is 30.3 Å². The Bertz CT molecular complexity index is 811. The molecule has 0 fully saturated rings.